The van der Waals surface area contributed by atoms with Gasteiger partial charge in [-0.3, -0.25) is 0 Å². The normalized spacial score (nSPS) is 10.9. The molecule has 0 spiro atoms. The summed E-state index contributed by atoms with van der Waals surface area (Å²) in [5.41, 5.74) is 7.08. The number of hydrogen-bond acceptors (Lipinski definition) is 4. The Hall–Kier alpha value is -2.77. The van der Waals surface area contributed by atoms with Gasteiger partial charge in [-0.25, -0.2) is 18.6 Å². The van der Waals surface area contributed by atoms with E-state index in [-0.39, 0.29) is 0 Å². The minimum Gasteiger partial charge on any atom is -0.222 e. The van der Waals surface area contributed by atoms with Crippen molar-refractivity contribution in [3.05, 3.63) is 102 Å². The van der Waals surface area contributed by atoms with Gasteiger partial charge < -0.3 is 0 Å². The summed E-state index contributed by atoms with van der Waals surface area (Å²) in [7, 11) is -2.82. The number of pyridine rings is 1. The molecule has 0 atom stereocenters. The average Bonchev–Trinajstić information content (AvgIpc) is 2.75. The summed E-state index contributed by atoms with van der Waals surface area (Å²) in [5.74, 6) is 0. The molecular weight excluding hydrogens is 437 g/mol. The van der Waals surface area contributed by atoms with Crippen LogP contribution in [0.2, 0.25) is 5.02 Å². The summed E-state index contributed by atoms with van der Waals surface area (Å²) in [5, 5.41) is 0.752. The number of benzene rings is 3. The van der Waals surface area contributed by atoms with E-state index >= 15 is 0 Å². The molecule has 4 rings (SSSR count). The van der Waals surface area contributed by atoms with Crippen LogP contribution in [0.3, 0.4) is 0 Å². The van der Waals surface area contributed by atoms with Crippen molar-refractivity contribution in [2.45, 2.75) is 0 Å². The summed E-state index contributed by atoms with van der Waals surface area (Å²) >= 11 is 6.07. The monoisotopic (exact) mass is 455 g/mol. The molecule has 3 aromatic carbocycles. The van der Waals surface area contributed by atoms with Crippen LogP contribution in [0.1, 0.15) is 0 Å². The Bertz CT molecular complexity index is 1060. The highest BCUT2D eigenvalue weighted by Crippen LogP contribution is 2.29. The summed E-state index contributed by atoms with van der Waals surface area (Å²) < 4.78 is 36.2. The predicted molar refractivity (Wildman–Crippen MR) is 109 cm³/mol. The number of aromatic nitrogens is 1. The number of nitrogens with zero attached hydrogens (tertiary/aromatic N) is 1. The smallest absolute Gasteiger partial charge is 0.213 e. The van der Waals surface area contributed by atoms with Crippen molar-refractivity contribution < 1.29 is 33.4 Å². The van der Waals surface area contributed by atoms with Crippen LogP contribution >= 0.6 is 11.6 Å². The van der Waals surface area contributed by atoms with E-state index in [1.807, 2.05) is 24.3 Å². The van der Waals surface area contributed by atoms with Gasteiger partial charge in [0.25, 0.3) is 0 Å². The summed E-state index contributed by atoms with van der Waals surface area (Å²) in [4.78, 5) is 0. The van der Waals surface area contributed by atoms with E-state index in [4.69, 9.17) is 30.2 Å². The highest BCUT2D eigenvalue weighted by atomic mass is 35.7. The standard InChI is InChI=1S/C24H19ClN.ClHO4/c1-26-23(19-8-4-2-5-9-19)16-21(18-12-14-22(25)15-13-18)17-24(26)20-10-6-3-7-11-20;2-1(3,4)5/h2-17H,1H3;(H,2,3,4,5)/q+1;/p-1. The topological polar surface area (TPSA) is 96.1 Å². The van der Waals surface area contributed by atoms with Crippen molar-refractivity contribution in [2.24, 2.45) is 7.05 Å². The third-order valence-electron chi connectivity index (χ3n) is 4.62. The molecule has 7 heteroatoms. The lowest BCUT2D eigenvalue weighted by atomic mass is 9.99. The quantitative estimate of drug-likeness (QED) is 0.436. The van der Waals surface area contributed by atoms with E-state index in [0.29, 0.717) is 0 Å². The van der Waals surface area contributed by atoms with Gasteiger partial charge in [0.1, 0.15) is 7.05 Å². The third kappa shape index (κ3) is 6.60. The van der Waals surface area contributed by atoms with Gasteiger partial charge in [-0.1, -0.05) is 60.1 Å². The maximum Gasteiger partial charge on any atom is 0.213 e. The molecule has 1 aromatic heterocycles. The Balaban J connectivity index is 0.000000491. The molecule has 0 aliphatic heterocycles. The molecular formula is C24H19Cl2NO4. The molecule has 31 heavy (non-hydrogen) atoms. The molecule has 0 unspecified atom stereocenters. The molecule has 0 aliphatic carbocycles. The van der Waals surface area contributed by atoms with Crippen molar-refractivity contribution in [3.63, 3.8) is 0 Å². The lowest BCUT2D eigenvalue weighted by Crippen LogP contribution is -2.68. The molecule has 0 amide bonds. The van der Waals surface area contributed by atoms with Crippen LogP contribution in [0.15, 0.2) is 97.1 Å². The second kappa shape index (κ2) is 10.0. The van der Waals surface area contributed by atoms with E-state index < -0.39 is 10.2 Å². The van der Waals surface area contributed by atoms with Crippen LogP contribution in [0, 0.1) is 10.2 Å². The SMILES string of the molecule is C[n+]1c(-c2ccccc2)cc(-c2ccc(Cl)cc2)cc1-c1ccccc1.[O-][Cl+3]([O-])([O-])[O-]. The van der Waals surface area contributed by atoms with Crippen molar-refractivity contribution in [1.82, 2.24) is 0 Å². The molecule has 0 bridgehead atoms. The Labute approximate surface area is 187 Å². The molecule has 158 valence electrons. The van der Waals surface area contributed by atoms with Crippen molar-refractivity contribution >= 4 is 11.6 Å². The van der Waals surface area contributed by atoms with E-state index in [0.717, 1.165) is 10.6 Å². The minimum atomic E-state index is -4.94. The fourth-order valence-electron chi connectivity index (χ4n) is 3.24. The molecule has 1 heterocycles. The zero-order chi connectivity index (χ0) is 22.4. The van der Waals surface area contributed by atoms with Gasteiger partial charge in [0.15, 0.2) is 0 Å². The van der Waals surface area contributed by atoms with Crippen LogP contribution in [0.25, 0.3) is 33.6 Å². The number of rotatable bonds is 3. The fraction of sp³-hybridized carbons (Fsp3) is 0.0417. The molecule has 4 aromatic rings. The lowest BCUT2D eigenvalue weighted by Gasteiger charge is -2.17. The molecule has 0 N–H and O–H groups in total. The van der Waals surface area contributed by atoms with Crippen LogP contribution < -0.4 is 23.2 Å². The Morgan fingerprint density at radius 3 is 1.35 bits per heavy atom. The maximum atomic E-state index is 8.49. The largest absolute Gasteiger partial charge is 0.222 e. The molecule has 5 nitrogen and oxygen atoms in total. The summed E-state index contributed by atoms with van der Waals surface area (Å²) in [6, 6.07) is 33.5. The Kier molecular flexibility index (Phi) is 7.41. The summed E-state index contributed by atoms with van der Waals surface area (Å²) in [6.45, 7) is 0. The molecule has 0 radical (unpaired) electrons. The Morgan fingerprint density at radius 2 is 0.968 bits per heavy atom. The number of halogens is 2. The lowest BCUT2D eigenvalue weighted by molar-refractivity contribution is -2.00. The highest BCUT2D eigenvalue weighted by molar-refractivity contribution is 6.30. The van der Waals surface area contributed by atoms with E-state index in [1.54, 1.807) is 0 Å². The maximum absolute atomic E-state index is 8.49. The van der Waals surface area contributed by atoms with Gasteiger partial charge in [-0.05, 0) is 47.5 Å². The first kappa shape index (κ1) is 22.9. The second-order valence-corrected chi connectivity index (χ2v) is 7.88. The van der Waals surface area contributed by atoms with E-state index in [1.165, 1.54) is 28.1 Å². The van der Waals surface area contributed by atoms with Gasteiger partial charge in [-0.15, -0.1) is 10.2 Å². The van der Waals surface area contributed by atoms with Crippen LogP contribution in [0.4, 0.5) is 0 Å². The zero-order valence-corrected chi connectivity index (χ0v) is 18.1. The van der Waals surface area contributed by atoms with Gasteiger partial charge in [-0.2, -0.15) is 4.57 Å². The molecule has 0 fully saturated rings. The van der Waals surface area contributed by atoms with Crippen molar-refractivity contribution in [3.8, 4) is 33.6 Å². The van der Waals surface area contributed by atoms with Gasteiger partial charge in [0.2, 0.25) is 11.4 Å². The first-order valence-corrected chi connectivity index (χ1v) is 10.9. The first-order chi connectivity index (χ1) is 14.7. The molecule has 0 saturated heterocycles. The van der Waals surface area contributed by atoms with Gasteiger partial charge in [0, 0.05) is 28.3 Å². The van der Waals surface area contributed by atoms with Crippen LogP contribution in [0.5, 0.6) is 0 Å². The predicted octanol–water partition coefficient (Wildman–Crippen LogP) is 1.41. The van der Waals surface area contributed by atoms with Crippen molar-refractivity contribution in [1.29, 1.82) is 0 Å². The Morgan fingerprint density at radius 1 is 0.581 bits per heavy atom. The highest BCUT2D eigenvalue weighted by Gasteiger charge is 2.19. The third-order valence-corrected chi connectivity index (χ3v) is 4.88. The average molecular weight is 456 g/mol. The van der Waals surface area contributed by atoms with Gasteiger partial charge in [0.05, 0.1) is 0 Å². The first-order valence-electron chi connectivity index (χ1n) is 9.25. The van der Waals surface area contributed by atoms with Crippen LogP contribution in [-0.2, 0) is 7.05 Å². The molecule has 0 saturated carbocycles. The second-order valence-electron chi connectivity index (χ2n) is 6.69. The van der Waals surface area contributed by atoms with E-state index in [2.05, 4.69) is 84.4 Å². The zero-order valence-electron chi connectivity index (χ0n) is 16.6. The summed E-state index contributed by atoms with van der Waals surface area (Å²) in [6.07, 6.45) is 0. The van der Waals surface area contributed by atoms with Crippen molar-refractivity contribution in [2.75, 3.05) is 0 Å². The van der Waals surface area contributed by atoms with Gasteiger partial charge >= 0.3 is 0 Å². The minimum absolute atomic E-state index is 0.752. The van der Waals surface area contributed by atoms with Crippen LogP contribution in [-0.4, -0.2) is 0 Å². The molecule has 0 aliphatic rings. The fourth-order valence-corrected chi connectivity index (χ4v) is 3.37. The number of hydrogen-bond donors (Lipinski definition) is 0. The van der Waals surface area contributed by atoms with E-state index in [9.17, 15) is 0 Å².